The second-order valence-corrected chi connectivity index (χ2v) is 8.84. The molecule has 1 aromatic carbocycles. The number of nitrogens with zero attached hydrogens (tertiary/aromatic N) is 3. The van der Waals surface area contributed by atoms with Gasteiger partial charge in [-0.1, -0.05) is 6.07 Å². The number of aliphatic hydroxyl groups is 1. The van der Waals surface area contributed by atoms with Gasteiger partial charge in [0.15, 0.2) is 5.79 Å². The van der Waals surface area contributed by atoms with Crippen molar-refractivity contribution < 1.29 is 22.9 Å². The number of carbonyl (C=O) groups excluding carboxylic acids is 1. The van der Waals surface area contributed by atoms with Crippen LogP contribution in [0.4, 0.5) is 19.3 Å². The van der Waals surface area contributed by atoms with Gasteiger partial charge in [0.1, 0.15) is 23.8 Å². The molecule has 32 heavy (non-hydrogen) atoms. The molecule has 1 aliphatic heterocycles. The van der Waals surface area contributed by atoms with Crippen LogP contribution >= 0.6 is 12.2 Å². The summed E-state index contributed by atoms with van der Waals surface area (Å²) in [6, 6.07) is 8.68. The largest absolute Gasteiger partial charge is 0.409 e. The Kier molecular flexibility index (Phi) is 7.91. The second-order valence-electron chi connectivity index (χ2n) is 7.97. The minimum atomic E-state index is -1.68. The predicted octanol–water partition coefficient (Wildman–Crippen LogP) is 4.78. The van der Waals surface area contributed by atoms with Crippen molar-refractivity contribution in [3.8, 4) is 5.75 Å². The van der Waals surface area contributed by atoms with Crippen LogP contribution in [0.15, 0.2) is 42.6 Å². The quantitative estimate of drug-likeness (QED) is 0.348. The molecule has 2 N–H and O–H groups in total. The fraction of sp³-hybridized carbons (Fsp3) is 0.455. The van der Waals surface area contributed by atoms with Crippen molar-refractivity contribution in [3.63, 3.8) is 0 Å². The highest BCUT2D eigenvalue weighted by molar-refractivity contribution is 7.92. The van der Waals surface area contributed by atoms with E-state index in [0.717, 1.165) is 12.2 Å². The van der Waals surface area contributed by atoms with Gasteiger partial charge < -0.3 is 19.5 Å². The SMILES string of the molecule is CC(O)c1cc(NC(=O)N2CCC([C@](C)(F)N(C)SOc3cccc(F)c3)CC2)ccn1. The monoisotopic (exact) mass is 466 g/mol. The summed E-state index contributed by atoms with van der Waals surface area (Å²) in [6.45, 7) is 3.91. The predicted molar refractivity (Wildman–Crippen MR) is 120 cm³/mol. The lowest BCUT2D eigenvalue weighted by Gasteiger charge is -2.41. The van der Waals surface area contributed by atoms with Gasteiger partial charge in [-0.3, -0.25) is 4.98 Å². The van der Waals surface area contributed by atoms with E-state index in [1.807, 2.05) is 0 Å². The van der Waals surface area contributed by atoms with Crippen molar-refractivity contribution in [2.75, 3.05) is 25.5 Å². The number of halogens is 2. The molecule has 0 saturated carbocycles. The first kappa shape index (κ1) is 24.2. The molecule has 1 aromatic heterocycles. The number of piperidine rings is 1. The van der Waals surface area contributed by atoms with Crippen LogP contribution < -0.4 is 9.50 Å². The third kappa shape index (κ3) is 6.08. The zero-order valence-corrected chi connectivity index (χ0v) is 19.1. The third-order valence-corrected chi connectivity index (χ3v) is 6.49. The van der Waals surface area contributed by atoms with E-state index in [2.05, 4.69) is 10.3 Å². The van der Waals surface area contributed by atoms with E-state index in [9.17, 15) is 14.3 Å². The van der Waals surface area contributed by atoms with E-state index < -0.39 is 17.7 Å². The maximum absolute atomic E-state index is 15.5. The van der Waals surface area contributed by atoms with Crippen molar-refractivity contribution in [1.82, 2.24) is 14.2 Å². The summed E-state index contributed by atoms with van der Waals surface area (Å²) in [7, 11) is 1.59. The lowest BCUT2D eigenvalue weighted by molar-refractivity contribution is -0.0194. The van der Waals surface area contributed by atoms with Crippen molar-refractivity contribution in [3.05, 3.63) is 54.1 Å². The van der Waals surface area contributed by atoms with Gasteiger partial charge in [-0.05, 0) is 51.0 Å². The van der Waals surface area contributed by atoms with Crippen LogP contribution in [0.2, 0.25) is 0 Å². The number of nitrogens with one attached hydrogen (secondary N) is 1. The Balaban J connectivity index is 1.51. The number of aromatic nitrogens is 1. The van der Waals surface area contributed by atoms with Gasteiger partial charge in [0.25, 0.3) is 0 Å². The standard InChI is InChI=1S/C22H28F2N4O3S/c1-15(29)20-14-18(7-10-25-20)26-21(30)28-11-8-16(9-12-28)22(2,24)27(3)32-31-19-6-4-5-17(23)13-19/h4-7,10,13-16,29H,8-9,11-12H2,1-3H3,(H,25,26,30)/t15?,22-/m1/s1. The summed E-state index contributed by atoms with van der Waals surface area (Å²) in [6.07, 6.45) is 1.77. The van der Waals surface area contributed by atoms with Gasteiger partial charge in [-0.2, -0.15) is 4.31 Å². The van der Waals surface area contributed by atoms with Crippen LogP contribution in [0.1, 0.15) is 38.5 Å². The Bertz CT molecular complexity index is 924. The van der Waals surface area contributed by atoms with Crippen molar-refractivity contribution in [2.45, 2.75) is 38.6 Å². The number of hydrogen-bond donors (Lipinski definition) is 2. The molecule has 1 saturated heterocycles. The van der Waals surface area contributed by atoms with Crippen molar-refractivity contribution in [2.24, 2.45) is 5.92 Å². The summed E-state index contributed by atoms with van der Waals surface area (Å²) in [5, 5.41) is 12.4. The van der Waals surface area contributed by atoms with Crippen LogP contribution in [0.25, 0.3) is 0 Å². The zero-order chi connectivity index (χ0) is 23.3. The van der Waals surface area contributed by atoms with Gasteiger partial charge in [-0.25, -0.2) is 13.6 Å². The van der Waals surface area contributed by atoms with E-state index in [0.29, 0.717) is 43.1 Å². The average molecular weight is 467 g/mol. The molecule has 0 spiro atoms. The van der Waals surface area contributed by atoms with Gasteiger partial charge in [0.05, 0.1) is 11.8 Å². The first-order valence-corrected chi connectivity index (χ1v) is 11.1. The minimum absolute atomic E-state index is 0.274. The van der Waals surface area contributed by atoms with Gasteiger partial charge in [-0.15, -0.1) is 0 Å². The summed E-state index contributed by atoms with van der Waals surface area (Å²) >= 11 is 0.824. The van der Waals surface area contributed by atoms with Crippen LogP contribution in [-0.4, -0.2) is 51.3 Å². The first-order valence-electron chi connectivity index (χ1n) is 10.4. The Morgan fingerprint density at radius 1 is 1.38 bits per heavy atom. The van der Waals surface area contributed by atoms with Crippen molar-refractivity contribution >= 4 is 23.9 Å². The maximum atomic E-state index is 15.5. The fourth-order valence-electron chi connectivity index (χ4n) is 3.51. The molecular formula is C22H28F2N4O3S. The molecule has 7 nitrogen and oxygen atoms in total. The Morgan fingerprint density at radius 3 is 2.75 bits per heavy atom. The highest BCUT2D eigenvalue weighted by Gasteiger charge is 2.41. The number of rotatable bonds is 7. The number of benzene rings is 1. The number of carbonyl (C=O) groups is 1. The van der Waals surface area contributed by atoms with Crippen LogP contribution in [-0.2, 0) is 0 Å². The molecule has 0 radical (unpaired) electrons. The second kappa shape index (κ2) is 10.5. The Hall–Kier alpha value is -2.43. The number of alkyl halides is 1. The summed E-state index contributed by atoms with van der Waals surface area (Å²) in [4.78, 5) is 18.3. The zero-order valence-electron chi connectivity index (χ0n) is 18.3. The number of hydrogen-bond acceptors (Lipinski definition) is 6. The highest BCUT2D eigenvalue weighted by Crippen LogP contribution is 2.37. The summed E-state index contributed by atoms with van der Waals surface area (Å²) < 4.78 is 35.7. The summed E-state index contributed by atoms with van der Waals surface area (Å²) in [5.74, 6) is -2.10. The number of urea groups is 1. The average Bonchev–Trinajstić information content (AvgIpc) is 2.77. The van der Waals surface area contributed by atoms with Gasteiger partial charge in [0, 0.05) is 44.0 Å². The molecule has 2 amide bonds. The first-order chi connectivity index (χ1) is 15.2. The topological polar surface area (TPSA) is 77.9 Å². The molecule has 2 aromatic rings. The number of aliphatic hydroxyl groups excluding tert-OH is 1. The molecule has 1 fully saturated rings. The van der Waals surface area contributed by atoms with Gasteiger partial charge >= 0.3 is 6.03 Å². The molecule has 0 bridgehead atoms. The van der Waals surface area contributed by atoms with Crippen molar-refractivity contribution in [1.29, 1.82) is 0 Å². The third-order valence-electron chi connectivity index (χ3n) is 5.64. The fourth-order valence-corrected chi connectivity index (χ4v) is 4.11. The van der Waals surface area contributed by atoms with Crippen LogP contribution in [0.3, 0.4) is 0 Å². The lowest BCUT2D eigenvalue weighted by atomic mass is 9.88. The molecule has 1 unspecified atom stereocenters. The van der Waals surface area contributed by atoms with Crippen LogP contribution in [0.5, 0.6) is 5.75 Å². The molecular weight excluding hydrogens is 438 g/mol. The minimum Gasteiger partial charge on any atom is -0.409 e. The van der Waals surface area contributed by atoms with E-state index in [4.69, 9.17) is 4.18 Å². The molecule has 1 aliphatic rings. The molecule has 2 heterocycles. The lowest BCUT2D eigenvalue weighted by Crippen LogP contribution is -2.49. The van der Waals surface area contributed by atoms with Gasteiger partial charge in [0.2, 0.25) is 0 Å². The molecule has 10 heteroatoms. The summed E-state index contributed by atoms with van der Waals surface area (Å²) in [5.41, 5.74) is 1.01. The van der Waals surface area contributed by atoms with E-state index in [-0.39, 0.29) is 11.9 Å². The molecule has 174 valence electrons. The van der Waals surface area contributed by atoms with E-state index in [1.165, 1.54) is 35.6 Å². The molecule has 0 aliphatic carbocycles. The van der Waals surface area contributed by atoms with E-state index >= 15 is 4.39 Å². The molecule has 2 atom stereocenters. The highest BCUT2D eigenvalue weighted by atomic mass is 32.2. The number of likely N-dealkylation sites (tertiary alicyclic amines) is 1. The molecule has 3 rings (SSSR count). The Morgan fingerprint density at radius 2 is 2.09 bits per heavy atom. The maximum Gasteiger partial charge on any atom is 0.321 e. The van der Waals surface area contributed by atoms with Crippen LogP contribution in [0, 0.1) is 11.7 Å². The Labute approximate surface area is 191 Å². The number of anilines is 1. The smallest absolute Gasteiger partial charge is 0.321 e. The number of amides is 2. The number of pyridine rings is 1. The normalized spacial score (nSPS) is 17.7. The van der Waals surface area contributed by atoms with E-state index in [1.54, 1.807) is 37.1 Å².